The van der Waals surface area contributed by atoms with Gasteiger partial charge in [-0.2, -0.15) is 0 Å². The van der Waals surface area contributed by atoms with Crippen molar-refractivity contribution in [2.24, 2.45) is 34.5 Å². The quantitative estimate of drug-likeness (QED) is 0.535. The molecule has 1 saturated heterocycles. The third-order valence-corrected chi connectivity index (χ3v) is 9.80. The number of nitrogens with one attached hydrogen (secondary N) is 1. The maximum absolute atomic E-state index is 13.4. The number of halogens is 1. The average molecular weight is 455 g/mol. The van der Waals surface area contributed by atoms with Crippen molar-refractivity contribution in [1.29, 1.82) is 0 Å². The smallest absolute Gasteiger partial charge is 0.239 e. The number of hydrogen-bond donors (Lipinski definition) is 1. The summed E-state index contributed by atoms with van der Waals surface area (Å²) in [5.41, 5.74) is 3.58. The van der Waals surface area contributed by atoms with Gasteiger partial charge in [0.05, 0.1) is 0 Å². The molecule has 1 aromatic carbocycles. The van der Waals surface area contributed by atoms with Crippen molar-refractivity contribution in [2.45, 2.75) is 65.7 Å². The number of likely N-dealkylation sites (tertiary alicyclic amines) is 1. The van der Waals surface area contributed by atoms with Crippen LogP contribution in [-0.4, -0.2) is 23.8 Å². The van der Waals surface area contributed by atoms with Crippen molar-refractivity contribution in [3.8, 4) is 0 Å². The fraction of sp³-hybridized carbons (Fsp3) is 0.630. The molecule has 1 aliphatic heterocycles. The minimum Gasteiger partial charge on any atom is -0.325 e. The average Bonchev–Trinajstić information content (AvgIpc) is 3.14. The molecule has 0 spiro atoms. The van der Waals surface area contributed by atoms with E-state index in [0.717, 1.165) is 12.3 Å². The lowest BCUT2D eigenvalue weighted by Gasteiger charge is -2.59. The highest BCUT2D eigenvalue weighted by atomic mass is 35.5. The topological polar surface area (TPSA) is 49.4 Å². The third kappa shape index (κ3) is 3.24. The van der Waals surface area contributed by atoms with Gasteiger partial charge in [0.1, 0.15) is 5.92 Å². The molecule has 4 nitrogen and oxygen atoms in total. The first-order valence-electron chi connectivity index (χ1n) is 12.2. The number of piperidine rings is 1. The summed E-state index contributed by atoms with van der Waals surface area (Å²) in [6, 6.07) is 7.08. The van der Waals surface area contributed by atoms with Crippen molar-refractivity contribution in [1.82, 2.24) is 4.90 Å². The zero-order valence-electron chi connectivity index (χ0n) is 19.7. The monoisotopic (exact) mass is 454 g/mol. The van der Waals surface area contributed by atoms with Gasteiger partial charge in [-0.15, -0.1) is 0 Å². The van der Waals surface area contributed by atoms with E-state index in [4.69, 9.17) is 11.6 Å². The molecule has 172 valence electrons. The summed E-state index contributed by atoms with van der Waals surface area (Å²) >= 11 is 5.98. The molecule has 3 aliphatic carbocycles. The minimum atomic E-state index is -0.659. The molecule has 1 heterocycles. The van der Waals surface area contributed by atoms with Gasteiger partial charge in [-0.05, 0) is 92.9 Å². The Balaban J connectivity index is 1.47. The summed E-state index contributed by atoms with van der Waals surface area (Å²) in [5.74, 6) is 1.05. The number of benzene rings is 1. The molecule has 1 unspecified atom stereocenters. The zero-order chi connectivity index (χ0) is 22.8. The van der Waals surface area contributed by atoms with Crippen LogP contribution in [0, 0.1) is 34.5 Å². The molecule has 2 saturated carbocycles. The second kappa shape index (κ2) is 7.62. The number of carbonyl (C=O) groups is 2. The van der Waals surface area contributed by atoms with Crippen LogP contribution < -0.4 is 5.32 Å². The highest BCUT2D eigenvalue weighted by Gasteiger charge is 2.60. The predicted octanol–water partition coefficient (Wildman–Crippen LogP) is 6.27. The lowest BCUT2D eigenvalue weighted by Crippen LogP contribution is -2.57. The molecule has 5 heteroatoms. The summed E-state index contributed by atoms with van der Waals surface area (Å²) in [5, 5.41) is 3.59. The van der Waals surface area contributed by atoms with Crippen molar-refractivity contribution >= 4 is 29.1 Å². The predicted molar refractivity (Wildman–Crippen MR) is 128 cm³/mol. The molecule has 4 aliphatic rings. The van der Waals surface area contributed by atoms with Crippen molar-refractivity contribution in [3.05, 3.63) is 40.6 Å². The number of fused-ring (bicyclic) bond motifs is 5. The molecule has 32 heavy (non-hydrogen) atoms. The molecular weight excluding hydrogens is 420 g/mol. The first-order chi connectivity index (χ1) is 15.1. The molecule has 0 bridgehead atoms. The van der Waals surface area contributed by atoms with E-state index >= 15 is 0 Å². The lowest BCUT2D eigenvalue weighted by atomic mass is 9.48. The highest BCUT2D eigenvalue weighted by Crippen LogP contribution is 2.65. The van der Waals surface area contributed by atoms with E-state index in [1.807, 2.05) is 11.9 Å². The summed E-state index contributed by atoms with van der Waals surface area (Å²) in [7, 11) is 1.88. The molecule has 0 radical (unpaired) electrons. The molecule has 1 N–H and O–H groups in total. The van der Waals surface area contributed by atoms with Crippen LogP contribution in [0.4, 0.5) is 5.69 Å². The lowest BCUT2D eigenvalue weighted by molar-refractivity contribution is -0.147. The standard InChI is InChI=1S/C27H35ClN2O2/c1-16-14-19-21-6-5-12-26(21,2)13-11-22(19)27(3)15-20(25(32)30(4)23(16)27)24(31)29-18-9-7-17(28)8-10-18/h7-10,19-22H,5-6,11-15H2,1-4H3,(H,29,31)/t19-,20?,21-,22+,26-,27+/m0/s1. The first kappa shape index (κ1) is 22.0. The minimum absolute atomic E-state index is 0.0803. The van der Waals surface area contributed by atoms with Gasteiger partial charge < -0.3 is 10.2 Å². The van der Waals surface area contributed by atoms with E-state index in [2.05, 4.69) is 26.1 Å². The number of nitrogens with zero attached hydrogens (tertiary/aromatic N) is 1. The maximum atomic E-state index is 13.4. The summed E-state index contributed by atoms with van der Waals surface area (Å²) in [6.07, 6.45) is 8.24. The van der Waals surface area contributed by atoms with Gasteiger partial charge >= 0.3 is 0 Å². The number of rotatable bonds is 2. The highest BCUT2D eigenvalue weighted by molar-refractivity contribution is 6.30. The molecule has 0 aromatic heterocycles. The van der Waals surface area contributed by atoms with Crippen LogP contribution >= 0.6 is 11.6 Å². The third-order valence-electron chi connectivity index (χ3n) is 9.54. The Labute approximate surface area is 196 Å². The van der Waals surface area contributed by atoms with E-state index < -0.39 is 5.92 Å². The van der Waals surface area contributed by atoms with Crippen molar-refractivity contribution in [2.75, 3.05) is 12.4 Å². The fourth-order valence-electron chi connectivity index (χ4n) is 8.21. The van der Waals surface area contributed by atoms with Crippen LogP contribution in [0.1, 0.15) is 65.7 Å². The van der Waals surface area contributed by atoms with E-state index in [0.29, 0.717) is 34.4 Å². The van der Waals surface area contributed by atoms with Crippen molar-refractivity contribution < 1.29 is 9.59 Å². The Kier molecular flexibility index (Phi) is 5.24. The molecule has 2 amide bonds. The van der Waals surface area contributed by atoms with Gasteiger partial charge in [0.25, 0.3) is 0 Å². The van der Waals surface area contributed by atoms with Crippen LogP contribution in [-0.2, 0) is 9.59 Å². The summed E-state index contributed by atoms with van der Waals surface area (Å²) in [6.45, 7) is 7.07. The van der Waals surface area contributed by atoms with Gasteiger partial charge in [0, 0.05) is 28.9 Å². The molecular formula is C27H35ClN2O2. The van der Waals surface area contributed by atoms with Gasteiger partial charge in [-0.1, -0.05) is 37.4 Å². The van der Waals surface area contributed by atoms with Crippen LogP contribution in [0.25, 0.3) is 0 Å². The Morgan fingerprint density at radius 3 is 2.56 bits per heavy atom. The molecule has 1 aromatic rings. The number of anilines is 1. The van der Waals surface area contributed by atoms with Gasteiger partial charge in [0.15, 0.2) is 0 Å². The van der Waals surface area contributed by atoms with Crippen LogP contribution in [0.2, 0.25) is 5.02 Å². The maximum Gasteiger partial charge on any atom is 0.239 e. The zero-order valence-corrected chi connectivity index (χ0v) is 20.5. The van der Waals surface area contributed by atoms with E-state index in [-0.39, 0.29) is 17.2 Å². The largest absolute Gasteiger partial charge is 0.325 e. The Hall–Kier alpha value is -1.81. The van der Waals surface area contributed by atoms with E-state index in [1.165, 1.54) is 43.4 Å². The van der Waals surface area contributed by atoms with Gasteiger partial charge in [0.2, 0.25) is 11.8 Å². The molecule has 5 rings (SSSR count). The number of hydrogen-bond acceptors (Lipinski definition) is 2. The second-order valence-corrected chi connectivity index (χ2v) is 11.8. The Morgan fingerprint density at radius 2 is 1.84 bits per heavy atom. The Morgan fingerprint density at radius 1 is 1.12 bits per heavy atom. The number of allylic oxidation sites excluding steroid dienone is 2. The number of amides is 2. The normalized spacial score (nSPS) is 38.8. The summed E-state index contributed by atoms with van der Waals surface area (Å²) in [4.78, 5) is 28.5. The fourth-order valence-corrected chi connectivity index (χ4v) is 8.34. The van der Waals surface area contributed by atoms with Crippen molar-refractivity contribution in [3.63, 3.8) is 0 Å². The molecule has 3 fully saturated rings. The SMILES string of the molecule is CC1=C2N(C)C(=O)C(C(=O)Nc3ccc(Cl)cc3)C[C@]2(C)[C@@H]2CC[C@]3(C)CCC[C@H]3[C@@H]2C1. The van der Waals surface area contributed by atoms with E-state index in [9.17, 15) is 9.59 Å². The van der Waals surface area contributed by atoms with Crippen LogP contribution in [0.3, 0.4) is 0 Å². The molecule has 6 atom stereocenters. The van der Waals surface area contributed by atoms with Crippen LogP contribution in [0.5, 0.6) is 0 Å². The Bertz CT molecular complexity index is 986. The van der Waals surface area contributed by atoms with Gasteiger partial charge in [-0.25, -0.2) is 0 Å². The summed E-state index contributed by atoms with van der Waals surface area (Å²) < 4.78 is 0. The van der Waals surface area contributed by atoms with Crippen LogP contribution in [0.15, 0.2) is 35.5 Å². The first-order valence-corrected chi connectivity index (χ1v) is 12.6. The second-order valence-electron chi connectivity index (χ2n) is 11.4. The van der Waals surface area contributed by atoms with E-state index in [1.54, 1.807) is 24.3 Å². The van der Waals surface area contributed by atoms with Gasteiger partial charge in [-0.3, -0.25) is 9.59 Å². The number of carbonyl (C=O) groups excluding carboxylic acids is 2.